The first-order chi connectivity index (χ1) is 7.24. The standard InChI is InChI=1S/C11H17NO3/c1-2-3-7-15-8-6-12-5-4-10(13)9-11(12)14/h2H,1,3-9H2. The Bertz CT molecular complexity index is 250. The van der Waals surface area contributed by atoms with Crippen LogP contribution in [0, 0.1) is 0 Å². The molecule has 4 heteroatoms. The molecule has 0 N–H and O–H groups in total. The molecule has 0 spiro atoms. The second-order valence-corrected chi connectivity index (χ2v) is 3.54. The number of hydrogen-bond donors (Lipinski definition) is 0. The van der Waals surface area contributed by atoms with Crippen LogP contribution in [-0.4, -0.2) is 42.9 Å². The number of nitrogens with zero attached hydrogens (tertiary/aromatic N) is 1. The number of likely N-dealkylation sites (tertiary alicyclic amines) is 1. The molecule has 0 aliphatic carbocycles. The monoisotopic (exact) mass is 211 g/mol. The predicted octanol–water partition coefficient (Wildman–Crippen LogP) is 0.771. The number of amides is 1. The van der Waals surface area contributed by atoms with E-state index in [0.29, 0.717) is 32.7 Å². The lowest BCUT2D eigenvalue weighted by atomic mass is 10.1. The van der Waals surface area contributed by atoms with Gasteiger partial charge in [0, 0.05) is 19.5 Å². The molecule has 0 atom stereocenters. The van der Waals surface area contributed by atoms with E-state index in [2.05, 4.69) is 6.58 Å². The Morgan fingerprint density at radius 3 is 2.87 bits per heavy atom. The Morgan fingerprint density at radius 1 is 1.40 bits per heavy atom. The summed E-state index contributed by atoms with van der Waals surface area (Å²) in [6.07, 6.45) is 3.17. The zero-order chi connectivity index (χ0) is 11.1. The highest BCUT2D eigenvalue weighted by molar-refractivity contribution is 6.00. The molecule has 1 aliphatic rings. The van der Waals surface area contributed by atoms with Crippen LogP contribution in [0.25, 0.3) is 0 Å². The van der Waals surface area contributed by atoms with Gasteiger partial charge < -0.3 is 9.64 Å². The maximum atomic E-state index is 11.4. The molecule has 0 aromatic rings. The normalized spacial score (nSPS) is 16.9. The van der Waals surface area contributed by atoms with Crippen molar-refractivity contribution in [1.29, 1.82) is 0 Å². The highest BCUT2D eigenvalue weighted by atomic mass is 16.5. The number of Topliss-reactive ketones (excluding diaryl/α,β-unsaturated/α-hetero) is 1. The molecule has 1 heterocycles. The minimum atomic E-state index is -0.0708. The molecule has 1 fully saturated rings. The van der Waals surface area contributed by atoms with Gasteiger partial charge in [-0.25, -0.2) is 0 Å². The van der Waals surface area contributed by atoms with E-state index in [0.717, 1.165) is 6.42 Å². The molecule has 1 saturated heterocycles. The summed E-state index contributed by atoms with van der Waals surface area (Å²) in [5, 5.41) is 0. The Hall–Kier alpha value is -1.16. The van der Waals surface area contributed by atoms with Crippen LogP contribution in [0.15, 0.2) is 12.7 Å². The molecular formula is C11H17NO3. The number of rotatable bonds is 6. The summed E-state index contributed by atoms with van der Waals surface area (Å²) in [7, 11) is 0. The van der Waals surface area contributed by atoms with E-state index >= 15 is 0 Å². The number of ketones is 1. The van der Waals surface area contributed by atoms with E-state index < -0.39 is 0 Å². The third kappa shape index (κ3) is 4.25. The van der Waals surface area contributed by atoms with Gasteiger partial charge in [0.25, 0.3) is 0 Å². The topological polar surface area (TPSA) is 46.6 Å². The van der Waals surface area contributed by atoms with Gasteiger partial charge in [-0.1, -0.05) is 6.08 Å². The number of piperidine rings is 1. The fraction of sp³-hybridized carbons (Fsp3) is 0.636. The minimum absolute atomic E-state index is 0.0452. The Morgan fingerprint density at radius 2 is 2.20 bits per heavy atom. The number of carbonyl (C=O) groups is 2. The van der Waals surface area contributed by atoms with E-state index in [1.807, 2.05) is 0 Å². The minimum Gasteiger partial charge on any atom is -0.379 e. The Labute approximate surface area is 89.9 Å². The van der Waals surface area contributed by atoms with Crippen molar-refractivity contribution >= 4 is 11.7 Å². The molecule has 0 aromatic heterocycles. The van der Waals surface area contributed by atoms with Crippen LogP contribution in [0.2, 0.25) is 0 Å². The van der Waals surface area contributed by atoms with E-state index in [-0.39, 0.29) is 18.1 Å². The molecule has 0 saturated carbocycles. The summed E-state index contributed by atoms with van der Waals surface area (Å²) < 4.78 is 5.30. The second kappa shape index (κ2) is 6.35. The molecule has 1 amide bonds. The van der Waals surface area contributed by atoms with Crippen LogP contribution in [0.3, 0.4) is 0 Å². The number of hydrogen-bond acceptors (Lipinski definition) is 3. The fourth-order valence-corrected chi connectivity index (χ4v) is 1.43. The third-order valence-electron chi connectivity index (χ3n) is 2.33. The largest absolute Gasteiger partial charge is 0.379 e. The molecule has 84 valence electrons. The summed E-state index contributed by atoms with van der Waals surface area (Å²) in [5.41, 5.74) is 0. The van der Waals surface area contributed by atoms with E-state index in [1.165, 1.54) is 0 Å². The first-order valence-electron chi connectivity index (χ1n) is 5.22. The van der Waals surface area contributed by atoms with Crippen molar-refractivity contribution in [3.63, 3.8) is 0 Å². The number of carbonyl (C=O) groups excluding carboxylic acids is 2. The Balaban J connectivity index is 2.13. The van der Waals surface area contributed by atoms with Gasteiger partial charge in [-0.05, 0) is 6.42 Å². The summed E-state index contributed by atoms with van der Waals surface area (Å²) in [6.45, 7) is 5.90. The molecule has 4 nitrogen and oxygen atoms in total. The van der Waals surface area contributed by atoms with Crippen LogP contribution in [0.5, 0.6) is 0 Å². The smallest absolute Gasteiger partial charge is 0.230 e. The van der Waals surface area contributed by atoms with Gasteiger partial charge in [0.1, 0.15) is 5.78 Å². The molecule has 1 rings (SSSR count). The van der Waals surface area contributed by atoms with E-state index in [4.69, 9.17) is 4.74 Å². The van der Waals surface area contributed by atoms with Gasteiger partial charge in [-0.3, -0.25) is 9.59 Å². The average molecular weight is 211 g/mol. The quantitative estimate of drug-likeness (QED) is 0.370. The van der Waals surface area contributed by atoms with Gasteiger partial charge in [-0.15, -0.1) is 6.58 Å². The number of ether oxygens (including phenoxy) is 1. The molecule has 0 bridgehead atoms. The fourth-order valence-electron chi connectivity index (χ4n) is 1.43. The van der Waals surface area contributed by atoms with Gasteiger partial charge in [0.05, 0.1) is 19.6 Å². The zero-order valence-corrected chi connectivity index (χ0v) is 8.91. The van der Waals surface area contributed by atoms with Crippen LogP contribution >= 0.6 is 0 Å². The van der Waals surface area contributed by atoms with Crippen LogP contribution in [0.1, 0.15) is 19.3 Å². The summed E-state index contributed by atoms with van der Waals surface area (Å²) >= 11 is 0. The van der Waals surface area contributed by atoms with Crippen molar-refractivity contribution in [2.24, 2.45) is 0 Å². The molecule has 0 aromatic carbocycles. The first kappa shape index (κ1) is 11.9. The Kier molecular flexibility index (Phi) is 5.04. The lowest BCUT2D eigenvalue weighted by molar-refractivity contribution is -0.140. The lowest BCUT2D eigenvalue weighted by Crippen LogP contribution is -2.40. The van der Waals surface area contributed by atoms with Crippen molar-refractivity contribution in [3.8, 4) is 0 Å². The van der Waals surface area contributed by atoms with Gasteiger partial charge in [0.15, 0.2) is 0 Å². The summed E-state index contributed by atoms with van der Waals surface area (Å²) in [6, 6.07) is 0. The second-order valence-electron chi connectivity index (χ2n) is 3.54. The molecule has 15 heavy (non-hydrogen) atoms. The van der Waals surface area contributed by atoms with Gasteiger partial charge in [0.2, 0.25) is 5.91 Å². The molecule has 0 radical (unpaired) electrons. The maximum absolute atomic E-state index is 11.4. The summed E-state index contributed by atoms with van der Waals surface area (Å²) in [5.74, 6) is -0.0256. The first-order valence-corrected chi connectivity index (χ1v) is 5.22. The molecule has 1 aliphatic heterocycles. The van der Waals surface area contributed by atoms with Crippen molar-refractivity contribution < 1.29 is 14.3 Å². The molecule has 0 unspecified atom stereocenters. The highest BCUT2D eigenvalue weighted by Gasteiger charge is 2.22. The van der Waals surface area contributed by atoms with Crippen molar-refractivity contribution in [3.05, 3.63) is 12.7 Å². The zero-order valence-electron chi connectivity index (χ0n) is 8.91. The van der Waals surface area contributed by atoms with Crippen LogP contribution < -0.4 is 0 Å². The van der Waals surface area contributed by atoms with Crippen LogP contribution in [-0.2, 0) is 14.3 Å². The molecular weight excluding hydrogens is 194 g/mol. The SMILES string of the molecule is C=CCCOCCN1CCC(=O)CC1=O. The third-order valence-corrected chi connectivity index (χ3v) is 2.33. The van der Waals surface area contributed by atoms with Crippen LogP contribution in [0.4, 0.5) is 0 Å². The summed E-state index contributed by atoms with van der Waals surface area (Å²) in [4.78, 5) is 24.0. The average Bonchev–Trinajstić information content (AvgIpc) is 2.20. The van der Waals surface area contributed by atoms with E-state index in [9.17, 15) is 9.59 Å². The van der Waals surface area contributed by atoms with Crippen molar-refractivity contribution in [2.45, 2.75) is 19.3 Å². The van der Waals surface area contributed by atoms with Crippen molar-refractivity contribution in [1.82, 2.24) is 4.90 Å². The highest BCUT2D eigenvalue weighted by Crippen LogP contribution is 2.06. The van der Waals surface area contributed by atoms with Gasteiger partial charge >= 0.3 is 0 Å². The predicted molar refractivity (Wildman–Crippen MR) is 56.5 cm³/mol. The van der Waals surface area contributed by atoms with E-state index in [1.54, 1.807) is 11.0 Å². The van der Waals surface area contributed by atoms with Gasteiger partial charge in [-0.2, -0.15) is 0 Å². The van der Waals surface area contributed by atoms with Crippen molar-refractivity contribution in [2.75, 3.05) is 26.3 Å². The lowest BCUT2D eigenvalue weighted by Gasteiger charge is -2.25. The maximum Gasteiger partial charge on any atom is 0.230 e.